The first-order chi connectivity index (χ1) is 9.65. The van der Waals surface area contributed by atoms with E-state index >= 15 is 0 Å². The maximum atomic E-state index is 12.1. The van der Waals surface area contributed by atoms with Gasteiger partial charge < -0.3 is 5.32 Å². The van der Waals surface area contributed by atoms with Gasteiger partial charge >= 0.3 is 0 Å². The van der Waals surface area contributed by atoms with Crippen molar-refractivity contribution in [2.75, 3.05) is 0 Å². The molecule has 0 aliphatic heterocycles. The zero-order valence-corrected chi connectivity index (χ0v) is 12.7. The van der Waals surface area contributed by atoms with Gasteiger partial charge in [-0.3, -0.25) is 4.79 Å². The Labute approximate surface area is 127 Å². The lowest BCUT2D eigenvalue weighted by Gasteiger charge is -2.04. The minimum absolute atomic E-state index is 0.0518. The molecule has 0 saturated heterocycles. The van der Waals surface area contributed by atoms with Gasteiger partial charge in [-0.05, 0) is 30.9 Å². The average molecular weight is 307 g/mol. The van der Waals surface area contributed by atoms with Crippen LogP contribution in [0.5, 0.6) is 0 Å². The van der Waals surface area contributed by atoms with Gasteiger partial charge in [0, 0.05) is 22.0 Å². The molecule has 1 amide bonds. The lowest BCUT2D eigenvalue weighted by Crippen LogP contribution is -2.24. The third kappa shape index (κ3) is 2.86. The molecule has 1 aliphatic rings. The Morgan fingerprint density at radius 2 is 2.30 bits per heavy atom. The van der Waals surface area contributed by atoms with E-state index in [1.54, 1.807) is 11.3 Å². The molecule has 2 atom stereocenters. The van der Waals surface area contributed by atoms with Crippen LogP contribution >= 0.6 is 22.9 Å². The van der Waals surface area contributed by atoms with E-state index in [9.17, 15) is 4.79 Å². The topological polar surface area (TPSA) is 42.0 Å². The normalized spacial score (nSPS) is 20.7. The maximum absolute atomic E-state index is 12.1. The second-order valence-corrected chi connectivity index (χ2v) is 6.42. The number of carbonyl (C=O) groups is 1. The maximum Gasteiger partial charge on any atom is 0.224 e. The number of hydrogen-bond donors (Lipinski definition) is 1. The lowest BCUT2D eigenvalue weighted by atomic mass is 10.1. The molecule has 1 aliphatic carbocycles. The van der Waals surface area contributed by atoms with Crippen molar-refractivity contribution in [2.24, 2.45) is 5.92 Å². The number of nitrogens with one attached hydrogen (secondary N) is 1. The Morgan fingerprint density at radius 3 is 3.00 bits per heavy atom. The van der Waals surface area contributed by atoms with Crippen molar-refractivity contribution >= 4 is 28.8 Å². The summed E-state index contributed by atoms with van der Waals surface area (Å²) >= 11 is 7.74. The molecule has 20 heavy (non-hydrogen) atoms. The van der Waals surface area contributed by atoms with Crippen LogP contribution in [0.3, 0.4) is 0 Å². The van der Waals surface area contributed by atoms with E-state index in [2.05, 4.69) is 10.3 Å². The number of carbonyl (C=O) groups excluding carboxylic acids is 1. The van der Waals surface area contributed by atoms with Gasteiger partial charge in [-0.2, -0.15) is 0 Å². The zero-order valence-electron chi connectivity index (χ0n) is 11.1. The Morgan fingerprint density at radius 1 is 1.50 bits per heavy atom. The summed E-state index contributed by atoms with van der Waals surface area (Å²) in [6, 6.07) is 7.76. The molecule has 1 saturated carbocycles. The highest BCUT2D eigenvalue weighted by molar-refractivity contribution is 7.09. The Bertz CT molecular complexity index is 640. The number of hydrogen-bond acceptors (Lipinski definition) is 3. The van der Waals surface area contributed by atoms with E-state index in [1.807, 2.05) is 36.6 Å². The summed E-state index contributed by atoms with van der Waals surface area (Å²) in [5, 5.41) is 6.65. The van der Waals surface area contributed by atoms with Crippen LogP contribution < -0.4 is 5.32 Å². The van der Waals surface area contributed by atoms with E-state index in [4.69, 9.17) is 11.6 Å². The molecule has 5 heteroatoms. The van der Waals surface area contributed by atoms with Crippen molar-refractivity contribution in [3.05, 3.63) is 50.9 Å². The fraction of sp³-hybridized carbons (Fsp3) is 0.333. The largest absolute Gasteiger partial charge is 0.349 e. The summed E-state index contributed by atoms with van der Waals surface area (Å²) in [5.41, 5.74) is 2.08. The van der Waals surface area contributed by atoms with E-state index in [-0.39, 0.29) is 17.7 Å². The molecule has 1 aromatic heterocycles. The summed E-state index contributed by atoms with van der Waals surface area (Å²) < 4.78 is 0. The monoisotopic (exact) mass is 306 g/mol. The molecule has 0 spiro atoms. The van der Waals surface area contributed by atoms with E-state index in [0.717, 1.165) is 27.7 Å². The highest BCUT2D eigenvalue weighted by Crippen LogP contribution is 2.49. The van der Waals surface area contributed by atoms with Gasteiger partial charge in [0.05, 0.1) is 6.54 Å². The van der Waals surface area contributed by atoms with Crippen molar-refractivity contribution in [3.8, 4) is 0 Å². The van der Waals surface area contributed by atoms with Crippen molar-refractivity contribution in [3.63, 3.8) is 0 Å². The SMILES string of the molecule is Cc1csc(CNC(=O)C2CC2c2ccccc2Cl)n1. The number of thiazole rings is 1. The smallest absolute Gasteiger partial charge is 0.224 e. The van der Waals surface area contributed by atoms with Crippen molar-refractivity contribution in [1.29, 1.82) is 0 Å². The third-order valence-electron chi connectivity index (χ3n) is 3.51. The van der Waals surface area contributed by atoms with Crippen molar-refractivity contribution < 1.29 is 4.79 Å². The first kappa shape index (κ1) is 13.6. The predicted molar refractivity (Wildman–Crippen MR) is 81.0 cm³/mol. The van der Waals surface area contributed by atoms with Crippen LogP contribution in [0.2, 0.25) is 5.02 Å². The average Bonchev–Trinajstić information content (AvgIpc) is 3.12. The van der Waals surface area contributed by atoms with Gasteiger partial charge in [-0.15, -0.1) is 11.3 Å². The molecule has 2 unspecified atom stereocenters. The summed E-state index contributed by atoms with van der Waals surface area (Å²) in [7, 11) is 0. The molecule has 3 nitrogen and oxygen atoms in total. The van der Waals surface area contributed by atoms with Crippen LogP contribution in [-0.4, -0.2) is 10.9 Å². The number of halogens is 1. The number of aromatic nitrogens is 1. The highest BCUT2D eigenvalue weighted by atomic mass is 35.5. The number of rotatable bonds is 4. The summed E-state index contributed by atoms with van der Waals surface area (Å²) in [4.78, 5) is 16.4. The third-order valence-corrected chi connectivity index (χ3v) is 4.82. The molecule has 2 aromatic rings. The minimum atomic E-state index is 0.0518. The van der Waals surface area contributed by atoms with Gasteiger partial charge in [0.2, 0.25) is 5.91 Å². The number of nitrogens with zero attached hydrogens (tertiary/aromatic N) is 1. The van der Waals surface area contributed by atoms with E-state index < -0.39 is 0 Å². The Balaban J connectivity index is 1.56. The standard InChI is InChI=1S/C15H15ClN2OS/c1-9-8-20-14(18-9)7-17-15(19)12-6-11(12)10-4-2-3-5-13(10)16/h2-5,8,11-12H,6-7H2,1H3,(H,17,19). The summed E-state index contributed by atoms with van der Waals surface area (Å²) in [6.45, 7) is 2.47. The van der Waals surface area contributed by atoms with E-state index in [1.165, 1.54) is 0 Å². The first-order valence-electron chi connectivity index (χ1n) is 6.58. The predicted octanol–water partition coefficient (Wildman–Crippen LogP) is 3.52. The highest BCUT2D eigenvalue weighted by Gasteiger charge is 2.44. The lowest BCUT2D eigenvalue weighted by molar-refractivity contribution is -0.122. The Hall–Kier alpha value is -1.39. The van der Waals surface area contributed by atoms with Gasteiger partial charge in [0.25, 0.3) is 0 Å². The molecule has 1 N–H and O–H groups in total. The molecule has 0 bridgehead atoms. The van der Waals surface area contributed by atoms with Crippen LogP contribution in [0, 0.1) is 12.8 Å². The van der Waals surface area contributed by atoms with E-state index in [0.29, 0.717) is 6.54 Å². The number of benzene rings is 1. The van der Waals surface area contributed by atoms with Gasteiger partial charge in [-0.25, -0.2) is 4.98 Å². The molecule has 1 aromatic carbocycles. The Kier molecular flexibility index (Phi) is 3.76. The van der Waals surface area contributed by atoms with Crippen LogP contribution in [0.25, 0.3) is 0 Å². The molecule has 1 fully saturated rings. The molecule has 104 valence electrons. The molecule has 0 radical (unpaired) electrons. The van der Waals surface area contributed by atoms with Crippen molar-refractivity contribution in [2.45, 2.75) is 25.8 Å². The second-order valence-electron chi connectivity index (χ2n) is 5.07. The molecular weight excluding hydrogens is 292 g/mol. The fourth-order valence-electron chi connectivity index (χ4n) is 2.38. The molecule has 1 heterocycles. The van der Waals surface area contributed by atoms with Gasteiger partial charge in [0.15, 0.2) is 0 Å². The van der Waals surface area contributed by atoms with Crippen LogP contribution in [0.15, 0.2) is 29.6 Å². The summed E-state index contributed by atoms with van der Waals surface area (Å²) in [6.07, 6.45) is 0.881. The van der Waals surface area contributed by atoms with Crippen molar-refractivity contribution in [1.82, 2.24) is 10.3 Å². The first-order valence-corrected chi connectivity index (χ1v) is 7.84. The molecular formula is C15H15ClN2OS. The number of amides is 1. The van der Waals surface area contributed by atoms with Crippen LogP contribution in [0.4, 0.5) is 0 Å². The molecule has 3 rings (SSSR count). The van der Waals surface area contributed by atoms with Gasteiger partial charge in [0.1, 0.15) is 5.01 Å². The summed E-state index contributed by atoms with van der Waals surface area (Å²) in [5.74, 6) is 0.417. The van der Waals surface area contributed by atoms with Crippen LogP contribution in [0.1, 0.15) is 28.6 Å². The van der Waals surface area contributed by atoms with Gasteiger partial charge in [-0.1, -0.05) is 29.8 Å². The zero-order chi connectivity index (χ0) is 14.1. The fourth-order valence-corrected chi connectivity index (χ4v) is 3.37. The number of aryl methyl sites for hydroxylation is 1. The van der Waals surface area contributed by atoms with Crippen LogP contribution in [-0.2, 0) is 11.3 Å². The quantitative estimate of drug-likeness (QED) is 0.939. The second kappa shape index (κ2) is 5.54. The minimum Gasteiger partial charge on any atom is -0.349 e.